The number of halogens is 1. The Bertz CT molecular complexity index is 442. The predicted molar refractivity (Wildman–Crippen MR) is 74.0 cm³/mol. The summed E-state index contributed by atoms with van der Waals surface area (Å²) >= 11 is 3.29. The van der Waals surface area contributed by atoms with Gasteiger partial charge < -0.3 is 5.32 Å². The van der Waals surface area contributed by atoms with Crippen molar-refractivity contribution in [1.82, 2.24) is 5.32 Å². The van der Waals surface area contributed by atoms with E-state index >= 15 is 0 Å². The second-order valence-corrected chi connectivity index (χ2v) is 7.04. The van der Waals surface area contributed by atoms with E-state index in [1.54, 1.807) is 24.3 Å². The van der Waals surface area contributed by atoms with Crippen molar-refractivity contribution in [3.05, 3.63) is 28.7 Å². The molecular formula is C12H18BrNO2S. The third kappa shape index (κ3) is 4.77. The lowest BCUT2D eigenvalue weighted by Crippen LogP contribution is -2.33. The molecule has 1 aromatic rings. The second kappa shape index (κ2) is 6.52. The van der Waals surface area contributed by atoms with E-state index < -0.39 is 9.84 Å². The summed E-state index contributed by atoms with van der Waals surface area (Å²) in [5, 5.41) is 3.18. The van der Waals surface area contributed by atoms with E-state index in [1.807, 2.05) is 6.92 Å². The molecule has 1 aromatic carbocycles. The number of nitrogens with one attached hydrogen (secondary N) is 1. The molecule has 17 heavy (non-hydrogen) atoms. The fraction of sp³-hybridized carbons (Fsp3) is 0.500. The Balaban J connectivity index is 2.71. The summed E-state index contributed by atoms with van der Waals surface area (Å²) in [6.07, 6.45) is 1.00. The van der Waals surface area contributed by atoms with Crippen LogP contribution in [0.3, 0.4) is 0 Å². The molecule has 96 valence electrons. The smallest absolute Gasteiger partial charge is 0.179 e. The van der Waals surface area contributed by atoms with Crippen molar-refractivity contribution in [2.24, 2.45) is 0 Å². The standard InChI is InChI=1S/C12H18BrNO2S/c1-3-8-14-10(2)9-17(15,16)12-6-4-11(13)5-7-12/h4-7,10,14H,3,8-9H2,1-2H3. The van der Waals surface area contributed by atoms with E-state index in [9.17, 15) is 8.42 Å². The fourth-order valence-corrected chi connectivity index (χ4v) is 3.30. The molecule has 0 saturated heterocycles. The van der Waals surface area contributed by atoms with Crippen molar-refractivity contribution >= 4 is 25.8 Å². The highest BCUT2D eigenvalue weighted by atomic mass is 79.9. The van der Waals surface area contributed by atoms with Gasteiger partial charge in [0.1, 0.15) is 0 Å². The van der Waals surface area contributed by atoms with Gasteiger partial charge in [0.25, 0.3) is 0 Å². The molecule has 0 aliphatic rings. The Kier molecular flexibility index (Phi) is 5.62. The topological polar surface area (TPSA) is 46.2 Å². The number of hydrogen-bond acceptors (Lipinski definition) is 3. The van der Waals surface area contributed by atoms with Crippen molar-refractivity contribution in [3.8, 4) is 0 Å². The Morgan fingerprint density at radius 3 is 2.41 bits per heavy atom. The summed E-state index contributed by atoms with van der Waals surface area (Å²) in [5.74, 6) is 0.134. The van der Waals surface area contributed by atoms with Gasteiger partial charge in [0.2, 0.25) is 0 Å². The molecule has 1 atom stereocenters. The molecule has 3 nitrogen and oxygen atoms in total. The normalized spacial score (nSPS) is 13.6. The molecule has 0 aliphatic heterocycles. The summed E-state index contributed by atoms with van der Waals surface area (Å²) in [4.78, 5) is 0.380. The molecule has 0 amide bonds. The van der Waals surface area contributed by atoms with Crippen LogP contribution in [0.1, 0.15) is 20.3 Å². The van der Waals surface area contributed by atoms with Gasteiger partial charge in [-0.2, -0.15) is 0 Å². The molecule has 1 unspecified atom stereocenters. The van der Waals surface area contributed by atoms with E-state index in [2.05, 4.69) is 28.2 Å². The molecule has 0 saturated carbocycles. The molecular weight excluding hydrogens is 302 g/mol. The number of hydrogen-bond donors (Lipinski definition) is 1. The summed E-state index contributed by atoms with van der Waals surface area (Å²) in [6, 6.07) is 6.73. The average molecular weight is 320 g/mol. The minimum atomic E-state index is -3.19. The molecule has 0 fully saturated rings. The molecule has 0 aliphatic carbocycles. The summed E-state index contributed by atoms with van der Waals surface area (Å²) in [6.45, 7) is 4.80. The molecule has 0 aromatic heterocycles. The van der Waals surface area contributed by atoms with Crippen LogP contribution in [0.15, 0.2) is 33.6 Å². The summed E-state index contributed by atoms with van der Waals surface area (Å²) < 4.78 is 25.0. The van der Waals surface area contributed by atoms with Gasteiger partial charge in [0, 0.05) is 10.5 Å². The van der Waals surface area contributed by atoms with Crippen LogP contribution in [0, 0.1) is 0 Å². The largest absolute Gasteiger partial charge is 0.313 e. The Hall–Kier alpha value is -0.390. The first-order valence-corrected chi connectivity index (χ1v) is 8.12. The van der Waals surface area contributed by atoms with E-state index in [1.165, 1.54) is 0 Å². The zero-order valence-corrected chi connectivity index (χ0v) is 12.5. The van der Waals surface area contributed by atoms with Gasteiger partial charge in [-0.1, -0.05) is 22.9 Å². The van der Waals surface area contributed by atoms with E-state index in [0.717, 1.165) is 17.4 Å². The summed E-state index contributed by atoms with van der Waals surface area (Å²) in [5.41, 5.74) is 0. The zero-order valence-electron chi connectivity index (χ0n) is 10.1. The average Bonchev–Trinajstić information content (AvgIpc) is 2.26. The van der Waals surface area contributed by atoms with Gasteiger partial charge in [-0.15, -0.1) is 0 Å². The second-order valence-electron chi connectivity index (χ2n) is 4.09. The van der Waals surface area contributed by atoms with Crippen molar-refractivity contribution in [1.29, 1.82) is 0 Å². The van der Waals surface area contributed by atoms with Crippen molar-refractivity contribution < 1.29 is 8.42 Å². The van der Waals surface area contributed by atoms with Gasteiger partial charge in [0.05, 0.1) is 10.6 Å². The first kappa shape index (κ1) is 14.7. The van der Waals surface area contributed by atoms with Gasteiger partial charge in [-0.05, 0) is 44.2 Å². The maximum absolute atomic E-state index is 12.1. The predicted octanol–water partition coefficient (Wildman–Crippen LogP) is 2.61. The van der Waals surface area contributed by atoms with Crippen LogP contribution in [0.25, 0.3) is 0 Å². The monoisotopic (exact) mass is 319 g/mol. The number of sulfone groups is 1. The first-order chi connectivity index (χ1) is 7.95. The van der Waals surface area contributed by atoms with E-state index in [-0.39, 0.29) is 11.8 Å². The lowest BCUT2D eigenvalue weighted by Gasteiger charge is -2.13. The Morgan fingerprint density at radius 2 is 1.88 bits per heavy atom. The zero-order chi connectivity index (χ0) is 12.9. The SMILES string of the molecule is CCCNC(C)CS(=O)(=O)c1ccc(Br)cc1. The number of rotatable bonds is 6. The van der Waals surface area contributed by atoms with Gasteiger partial charge in [-0.25, -0.2) is 8.42 Å². The lowest BCUT2D eigenvalue weighted by molar-refractivity contribution is 0.555. The van der Waals surface area contributed by atoms with Crippen molar-refractivity contribution in [2.45, 2.75) is 31.2 Å². The van der Waals surface area contributed by atoms with Gasteiger partial charge in [-0.3, -0.25) is 0 Å². The van der Waals surface area contributed by atoms with E-state index in [4.69, 9.17) is 0 Å². The highest BCUT2D eigenvalue weighted by molar-refractivity contribution is 9.10. The van der Waals surface area contributed by atoms with Gasteiger partial charge >= 0.3 is 0 Å². The van der Waals surface area contributed by atoms with Crippen LogP contribution in [0.5, 0.6) is 0 Å². The molecule has 0 bridgehead atoms. The third-order valence-electron chi connectivity index (χ3n) is 2.38. The minimum absolute atomic E-state index is 0.0244. The van der Waals surface area contributed by atoms with Crippen LogP contribution in [0.4, 0.5) is 0 Å². The van der Waals surface area contributed by atoms with E-state index in [0.29, 0.717) is 4.90 Å². The maximum Gasteiger partial charge on any atom is 0.179 e. The Labute approximate surface area is 112 Å². The minimum Gasteiger partial charge on any atom is -0.313 e. The third-order valence-corrected chi connectivity index (χ3v) is 4.84. The molecule has 0 heterocycles. The molecule has 5 heteroatoms. The molecule has 1 N–H and O–H groups in total. The van der Waals surface area contributed by atoms with Crippen molar-refractivity contribution in [3.63, 3.8) is 0 Å². The molecule has 0 spiro atoms. The lowest BCUT2D eigenvalue weighted by atomic mass is 10.3. The van der Waals surface area contributed by atoms with Gasteiger partial charge in [0.15, 0.2) is 9.84 Å². The van der Waals surface area contributed by atoms with Crippen molar-refractivity contribution in [2.75, 3.05) is 12.3 Å². The molecule has 1 rings (SSSR count). The number of benzene rings is 1. The molecule has 0 radical (unpaired) electrons. The highest BCUT2D eigenvalue weighted by Crippen LogP contribution is 2.16. The van der Waals surface area contributed by atoms with Crippen LogP contribution in [-0.2, 0) is 9.84 Å². The van der Waals surface area contributed by atoms with Crippen LogP contribution in [-0.4, -0.2) is 26.8 Å². The van der Waals surface area contributed by atoms with Crippen LogP contribution >= 0.6 is 15.9 Å². The maximum atomic E-state index is 12.1. The quantitative estimate of drug-likeness (QED) is 0.876. The first-order valence-electron chi connectivity index (χ1n) is 5.67. The fourth-order valence-electron chi connectivity index (χ4n) is 1.52. The highest BCUT2D eigenvalue weighted by Gasteiger charge is 2.17. The van der Waals surface area contributed by atoms with Crippen LogP contribution < -0.4 is 5.32 Å². The summed E-state index contributed by atoms with van der Waals surface area (Å²) in [7, 11) is -3.19. The Morgan fingerprint density at radius 1 is 1.29 bits per heavy atom. The van der Waals surface area contributed by atoms with Crippen LogP contribution in [0.2, 0.25) is 0 Å².